The molecule has 180 valence electrons. The minimum Gasteiger partial charge on any atom is -0.456 e. The molecule has 34 heavy (non-hydrogen) atoms. The van der Waals surface area contributed by atoms with Crippen LogP contribution < -0.4 is 20.5 Å². The summed E-state index contributed by atoms with van der Waals surface area (Å²) in [4.78, 5) is 18.5. The van der Waals surface area contributed by atoms with Gasteiger partial charge in [-0.05, 0) is 49.4 Å². The normalized spacial score (nSPS) is 12.6. The van der Waals surface area contributed by atoms with Gasteiger partial charge in [0.2, 0.25) is 10.0 Å². The van der Waals surface area contributed by atoms with Crippen molar-refractivity contribution in [3.8, 4) is 11.5 Å². The first-order valence-corrected chi connectivity index (χ1v) is 13.0. The number of H-pyrrole nitrogens is 1. The number of nitrogens with zero attached hydrogens (tertiary/aromatic N) is 1. The molecule has 1 amide bonds. The molecule has 2 aromatic carbocycles. The van der Waals surface area contributed by atoms with E-state index in [9.17, 15) is 21.6 Å². The van der Waals surface area contributed by atoms with Gasteiger partial charge in [-0.2, -0.15) is 0 Å². The first-order chi connectivity index (χ1) is 15.9. The summed E-state index contributed by atoms with van der Waals surface area (Å²) in [7, 11) is -7.67. The van der Waals surface area contributed by atoms with Gasteiger partial charge in [0.25, 0.3) is 5.91 Å². The largest absolute Gasteiger partial charge is 0.456 e. The molecule has 1 atom stereocenters. The van der Waals surface area contributed by atoms with Crippen molar-refractivity contribution in [2.75, 3.05) is 6.26 Å². The van der Waals surface area contributed by atoms with Gasteiger partial charge in [-0.1, -0.05) is 0 Å². The third-order valence-electron chi connectivity index (χ3n) is 4.51. The van der Waals surface area contributed by atoms with Gasteiger partial charge in [0.05, 0.1) is 23.0 Å². The van der Waals surface area contributed by atoms with Gasteiger partial charge in [0.1, 0.15) is 16.4 Å². The molecular weight excluding hydrogens is 484 g/mol. The minimum atomic E-state index is -3.86. The number of rotatable bonds is 8. The molecule has 0 aliphatic rings. The number of hydrogen-bond acceptors (Lipinski definition) is 8. The molecule has 3 rings (SSSR count). The molecular formula is C20H22N6O6S2. The van der Waals surface area contributed by atoms with Gasteiger partial charge in [-0.25, -0.2) is 26.5 Å². The van der Waals surface area contributed by atoms with E-state index < -0.39 is 37.8 Å². The second-order valence-corrected chi connectivity index (χ2v) is 10.9. The summed E-state index contributed by atoms with van der Waals surface area (Å²) in [6.07, 6.45) is 3.97. The Balaban J connectivity index is 1.83. The molecule has 12 nitrogen and oxygen atoms in total. The lowest BCUT2D eigenvalue weighted by atomic mass is 10.2. The lowest BCUT2D eigenvalue weighted by molar-refractivity contribution is 0.0976. The molecule has 1 unspecified atom stereocenters. The summed E-state index contributed by atoms with van der Waals surface area (Å²) >= 11 is 0. The molecule has 14 heteroatoms. The fourth-order valence-electron chi connectivity index (χ4n) is 2.90. The van der Waals surface area contributed by atoms with E-state index in [2.05, 4.69) is 20.0 Å². The Morgan fingerprint density at radius 2 is 1.82 bits per heavy atom. The van der Waals surface area contributed by atoms with Crippen molar-refractivity contribution in [3.63, 3.8) is 0 Å². The van der Waals surface area contributed by atoms with Gasteiger partial charge in [0, 0.05) is 18.0 Å². The van der Waals surface area contributed by atoms with Gasteiger partial charge in [0.15, 0.2) is 15.8 Å². The lowest BCUT2D eigenvalue weighted by Crippen LogP contribution is -2.35. The number of nitrogens with one attached hydrogen (secondary N) is 4. The Kier molecular flexibility index (Phi) is 7.04. The number of aromatic nitrogens is 2. The summed E-state index contributed by atoms with van der Waals surface area (Å²) < 4.78 is 57.9. The maximum absolute atomic E-state index is 12.6. The summed E-state index contributed by atoms with van der Waals surface area (Å²) in [5.74, 6) is -1.24. The SMILES string of the molecule is CC(NS(=O)(=O)c1ccc(Oc2ccc(C(=O)NC(=N)N)cc2S(C)(=O)=O)cc1)c1c[nH]cn1. The molecule has 1 heterocycles. The first kappa shape index (κ1) is 24.9. The van der Waals surface area contributed by atoms with Crippen LogP contribution in [0.3, 0.4) is 0 Å². The smallest absolute Gasteiger partial charge is 0.257 e. The van der Waals surface area contributed by atoms with E-state index in [0.29, 0.717) is 5.69 Å². The number of amides is 1. The highest BCUT2D eigenvalue weighted by atomic mass is 32.2. The van der Waals surface area contributed by atoms with Crippen molar-refractivity contribution >= 4 is 31.7 Å². The van der Waals surface area contributed by atoms with Crippen molar-refractivity contribution in [1.82, 2.24) is 20.0 Å². The zero-order valence-electron chi connectivity index (χ0n) is 18.1. The maximum Gasteiger partial charge on any atom is 0.257 e. The molecule has 3 aromatic rings. The number of hydrogen-bond donors (Lipinski definition) is 5. The Labute approximate surface area is 196 Å². The molecule has 0 aliphatic carbocycles. The van der Waals surface area contributed by atoms with Crippen LogP contribution in [0.2, 0.25) is 0 Å². The number of carbonyl (C=O) groups excluding carboxylic acids is 1. The molecule has 1 aromatic heterocycles. The van der Waals surface area contributed by atoms with Crippen LogP contribution >= 0.6 is 0 Å². The second-order valence-electron chi connectivity index (χ2n) is 7.21. The molecule has 0 radical (unpaired) electrons. The van der Waals surface area contributed by atoms with Crippen LogP contribution in [-0.4, -0.2) is 44.9 Å². The summed E-state index contributed by atoms with van der Waals surface area (Å²) in [6.45, 7) is 1.65. The highest BCUT2D eigenvalue weighted by molar-refractivity contribution is 7.90. The monoisotopic (exact) mass is 506 g/mol. The molecule has 0 saturated heterocycles. The van der Waals surface area contributed by atoms with E-state index in [1.165, 1.54) is 42.7 Å². The van der Waals surface area contributed by atoms with Gasteiger partial charge in [-0.3, -0.25) is 15.5 Å². The minimum absolute atomic E-state index is 0.0261. The topological polar surface area (TPSA) is 197 Å². The van der Waals surface area contributed by atoms with Crippen LogP contribution in [-0.2, 0) is 19.9 Å². The fraction of sp³-hybridized carbons (Fsp3) is 0.150. The van der Waals surface area contributed by atoms with Crippen LogP contribution in [0.5, 0.6) is 11.5 Å². The van der Waals surface area contributed by atoms with Crippen molar-refractivity contribution < 1.29 is 26.4 Å². The van der Waals surface area contributed by atoms with Gasteiger partial charge in [-0.15, -0.1) is 0 Å². The molecule has 0 spiro atoms. The summed E-state index contributed by atoms with van der Waals surface area (Å²) in [5, 5.41) is 9.19. The molecule has 0 saturated carbocycles. The van der Waals surface area contributed by atoms with E-state index in [4.69, 9.17) is 15.9 Å². The number of nitrogens with two attached hydrogens (primary N) is 1. The van der Waals surface area contributed by atoms with E-state index >= 15 is 0 Å². The number of ether oxygens (including phenoxy) is 1. The van der Waals surface area contributed by atoms with Gasteiger partial charge < -0.3 is 15.5 Å². The van der Waals surface area contributed by atoms with E-state index in [0.717, 1.165) is 12.3 Å². The van der Waals surface area contributed by atoms with Crippen LogP contribution in [0.25, 0.3) is 0 Å². The molecule has 6 N–H and O–H groups in total. The zero-order valence-corrected chi connectivity index (χ0v) is 19.7. The number of sulfonamides is 1. The average Bonchev–Trinajstić information content (AvgIpc) is 3.28. The predicted octanol–water partition coefficient (Wildman–Crippen LogP) is 1.27. The third kappa shape index (κ3) is 5.98. The van der Waals surface area contributed by atoms with Crippen LogP contribution in [0, 0.1) is 5.41 Å². The van der Waals surface area contributed by atoms with E-state index in [-0.39, 0.29) is 26.9 Å². The van der Waals surface area contributed by atoms with Crippen molar-refractivity contribution in [1.29, 1.82) is 5.41 Å². The molecule has 0 bridgehead atoms. The Bertz CT molecular complexity index is 1420. The van der Waals surface area contributed by atoms with Crippen LogP contribution in [0.4, 0.5) is 0 Å². The highest BCUT2D eigenvalue weighted by Crippen LogP contribution is 2.30. The fourth-order valence-corrected chi connectivity index (χ4v) is 4.93. The number of carbonyl (C=O) groups is 1. The van der Waals surface area contributed by atoms with Gasteiger partial charge >= 0.3 is 0 Å². The zero-order chi connectivity index (χ0) is 25.1. The maximum atomic E-state index is 12.6. The van der Waals surface area contributed by atoms with Crippen LogP contribution in [0.1, 0.15) is 29.0 Å². The molecule has 0 fully saturated rings. The Morgan fingerprint density at radius 1 is 1.15 bits per heavy atom. The van der Waals surface area contributed by atoms with E-state index in [1.54, 1.807) is 13.1 Å². The Morgan fingerprint density at radius 3 is 2.38 bits per heavy atom. The summed E-state index contributed by atoms with van der Waals surface area (Å²) in [6, 6.07) is 8.48. The average molecular weight is 507 g/mol. The number of guanidine groups is 1. The van der Waals surface area contributed by atoms with Crippen molar-refractivity contribution in [2.24, 2.45) is 5.73 Å². The number of sulfone groups is 1. The first-order valence-electron chi connectivity index (χ1n) is 9.65. The lowest BCUT2D eigenvalue weighted by Gasteiger charge is -2.14. The Hall–Kier alpha value is -3.75. The predicted molar refractivity (Wildman–Crippen MR) is 123 cm³/mol. The quantitative estimate of drug-likeness (QED) is 0.222. The standard InChI is InChI=1S/C20H22N6O6S2/c1-12(16-10-23-11-24-16)26-34(30,31)15-6-4-14(5-7-15)32-17-8-3-13(19(27)25-20(21)22)9-18(17)33(2,28)29/h3-12,26H,1-2H3,(H,23,24)(H4,21,22,25,27). The molecule has 0 aliphatic heterocycles. The van der Waals surface area contributed by atoms with Crippen LogP contribution in [0.15, 0.2) is 64.8 Å². The third-order valence-corrected chi connectivity index (χ3v) is 7.18. The number of imidazole rings is 1. The van der Waals surface area contributed by atoms with Crippen molar-refractivity contribution in [2.45, 2.75) is 22.8 Å². The second kappa shape index (κ2) is 9.62. The van der Waals surface area contributed by atoms with E-state index in [1.807, 2.05) is 0 Å². The van der Waals surface area contributed by atoms with Crippen molar-refractivity contribution in [3.05, 3.63) is 66.2 Å². The number of benzene rings is 2. The summed E-state index contributed by atoms with van der Waals surface area (Å²) in [5.41, 5.74) is 5.62. The highest BCUT2D eigenvalue weighted by Gasteiger charge is 2.21. The number of aromatic amines is 1.